The molecule has 0 saturated heterocycles. The predicted octanol–water partition coefficient (Wildman–Crippen LogP) is 0.0201. The lowest BCUT2D eigenvalue weighted by molar-refractivity contribution is -0.112. The van der Waals surface area contributed by atoms with E-state index in [9.17, 15) is 9.18 Å². The highest BCUT2D eigenvalue weighted by Crippen LogP contribution is 2.12. The Balaban J connectivity index is 2.99. The molecule has 1 amide bonds. The van der Waals surface area contributed by atoms with Gasteiger partial charge in [-0.15, -0.1) is 0 Å². The number of benzene rings is 1. The molecule has 84 valence electrons. The van der Waals surface area contributed by atoms with Crippen LogP contribution in [-0.2, 0) is 4.79 Å². The number of hydrogen-bond donors (Lipinski definition) is 3. The van der Waals surface area contributed by atoms with E-state index in [4.69, 9.17) is 10.0 Å². The molecule has 1 aromatic rings. The van der Waals surface area contributed by atoms with Gasteiger partial charge in [0.25, 0.3) is 5.91 Å². The van der Waals surface area contributed by atoms with Crippen LogP contribution < -0.4 is 10.8 Å². The molecule has 0 unspecified atom stereocenters. The Morgan fingerprint density at radius 2 is 2.12 bits per heavy atom. The number of nitrogens with one attached hydrogen (secondary N) is 1. The molecule has 0 heterocycles. The molecular weight excluding hydrogens is 212 g/mol. The van der Waals surface area contributed by atoms with Gasteiger partial charge < -0.3 is 15.4 Å². The highest BCUT2D eigenvalue weighted by atomic mass is 19.1. The molecule has 3 N–H and O–H groups in total. The summed E-state index contributed by atoms with van der Waals surface area (Å²) >= 11 is 0. The zero-order valence-electron chi connectivity index (χ0n) is 8.70. The smallest absolute Gasteiger partial charge is 0.423 e. The number of hydrogen-bond acceptors (Lipinski definition) is 3. The molecule has 0 radical (unpaired) electrons. The van der Waals surface area contributed by atoms with Crippen molar-refractivity contribution in [3.8, 4) is 0 Å². The summed E-state index contributed by atoms with van der Waals surface area (Å²) in [7, 11) is -1.71. The first kappa shape index (κ1) is 12.4. The second-order valence-corrected chi connectivity index (χ2v) is 3.35. The third kappa shape index (κ3) is 2.92. The van der Waals surface area contributed by atoms with Gasteiger partial charge in [-0.1, -0.05) is 12.6 Å². The Kier molecular flexibility index (Phi) is 3.81. The fourth-order valence-corrected chi connectivity index (χ4v) is 1.03. The second-order valence-electron chi connectivity index (χ2n) is 3.35. The number of rotatable bonds is 3. The minimum atomic E-state index is -1.71. The standard InChI is InChI=1S/C10H11BFNO3/c1-6(2)10(14)13-9-5-7(11(15)16)3-4-8(9)12/h3-5,15-16H,1H2,2H3,(H,13,14). The van der Waals surface area contributed by atoms with E-state index in [1.807, 2.05) is 0 Å². The Morgan fingerprint density at radius 1 is 1.50 bits per heavy atom. The van der Waals surface area contributed by atoms with Crippen molar-refractivity contribution < 1.29 is 19.2 Å². The van der Waals surface area contributed by atoms with Crippen LogP contribution in [0, 0.1) is 5.82 Å². The number of carbonyl (C=O) groups excluding carboxylic acids is 1. The lowest BCUT2D eigenvalue weighted by Gasteiger charge is -2.08. The maximum Gasteiger partial charge on any atom is 0.488 e. The first-order valence-corrected chi connectivity index (χ1v) is 4.54. The van der Waals surface area contributed by atoms with Crippen molar-refractivity contribution in [2.45, 2.75) is 6.92 Å². The zero-order valence-corrected chi connectivity index (χ0v) is 8.70. The molecule has 0 atom stereocenters. The van der Waals surface area contributed by atoms with E-state index in [1.165, 1.54) is 13.0 Å². The van der Waals surface area contributed by atoms with Crippen molar-refractivity contribution in [2.24, 2.45) is 0 Å². The fourth-order valence-electron chi connectivity index (χ4n) is 1.03. The molecule has 4 nitrogen and oxygen atoms in total. The largest absolute Gasteiger partial charge is 0.488 e. The number of anilines is 1. The molecule has 16 heavy (non-hydrogen) atoms. The monoisotopic (exact) mass is 223 g/mol. The van der Waals surface area contributed by atoms with E-state index in [1.54, 1.807) is 0 Å². The van der Waals surface area contributed by atoms with Crippen LogP contribution in [-0.4, -0.2) is 23.1 Å². The first-order valence-electron chi connectivity index (χ1n) is 4.54. The van der Waals surface area contributed by atoms with Crippen LogP contribution in [0.4, 0.5) is 10.1 Å². The summed E-state index contributed by atoms with van der Waals surface area (Å²) in [6, 6.07) is 3.42. The molecule has 0 spiro atoms. The van der Waals surface area contributed by atoms with Crippen molar-refractivity contribution in [3.63, 3.8) is 0 Å². The molecule has 0 bridgehead atoms. The lowest BCUT2D eigenvalue weighted by atomic mass is 9.80. The SMILES string of the molecule is C=C(C)C(=O)Nc1cc(B(O)O)ccc1F. The fraction of sp³-hybridized carbons (Fsp3) is 0.100. The van der Waals surface area contributed by atoms with Crippen LogP contribution in [0.15, 0.2) is 30.4 Å². The minimum absolute atomic E-state index is 0.0958. The van der Waals surface area contributed by atoms with Gasteiger partial charge in [0.1, 0.15) is 5.82 Å². The summed E-state index contributed by atoms with van der Waals surface area (Å²) in [6.07, 6.45) is 0. The molecule has 0 fully saturated rings. The minimum Gasteiger partial charge on any atom is -0.423 e. The summed E-state index contributed by atoms with van der Waals surface area (Å²) in [5.41, 5.74) is 0.214. The lowest BCUT2D eigenvalue weighted by Crippen LogP contribution is -2.30. The van der Waals surface area contributed by atoms with Crippen molar-refractivity contribution in [1.82, 2.24) is 0 Å². The van der Waals surface area contributed by atoms with E-state index in [0.717, 1.165) is 12.1 Å². The van der Waals surface area contributed by atoms with E-state index in [-0.39, 0.29) is 16.7 Å². The number of amides is 1. The zero-order chi connectivity index (χ0) is 12.3. The molecule has 1 aromatic carbocycles. The Morgan fingerprint density at radius 3 is 2.62 bits per heavy atom. The summed E-state index contributed by atoms with van der Waals surface area (Å²) in [6.45, 7) is 4.89. The molecule has 1 rings (SSSR count). The molecule has 0 aromatic heterocycles. The Bertz CT molecular complexity index is 434. The highest BCUT2D eigenvalue weighted by molar-refractivity contribution is 6.58. The van der Waals surface area contributed by atoms with Crippen LogP contribution in [0.5, 0.6) is 0 Å². The van der Waals surface area contributed by atoms with E-state index in [2.05, 4.69) is 11.9 Å². The van der Waals surface area contributed by atoms with Crippen LogP contribution in [0.1, 0.15) is 6.92 Å². The third-order valence-corrected chi connectivity index (χ3v) is 1.92. The van der Waals surface area contributed by atoms with Gasteiger partial charge in [-0.25, -0.2) is 4.39 Å². The average Bonchev–Trinajstić information content (AvgIpc) is 2.20. The number of carbonyl (C=O) groups is 1. The van der Waals surface area contributed by atoms with Gasteiger partial charge in [0.05, 0.1) is 5.69 Å². The summed E-state index contributed by atoms with van der Waals surface area (Å²) in [4.78, 5) is 11.2. The van der Waals surface area contributed by atoms with Gasteiger partial charge in [0.2, 0.25) is 0 Å². The van der Waals surface area contributed by atoms with E-state index >= 15 is 0 Å². The van der Waals surface area contributed by atoms with Crippen LogP contribution in [0.25, 0.3) is 0 Å². The topological polar surface area (TPSA) is 69.6 Å². The average molecular weight is 223 g/mol. The normalized spacial score (nSPS) is 9.75. The molecule has 6 heteroatoms. The van der Waals surface area contributed by atoms with Crippen LogP contribution >= 0.6 is 0 Å². The van der Waals surface area contributed by atoms with Crippen molar-refractivity contribution in [1.29, 1.82) is 0 Å². The maximum absolute atomic E-state index is 13.2. The number of halogens is 1. The van der Waals surface area contributed by atoms with Crippen molar-refractivity contribution in [2.75, 3.05) is 5.32 Å². The summed E-state index contributed by atoms with van der Waals surface area (Å²) in [5.74, 6) is -1.18. The van der Waals surface area contributed by atoms with Crippen LogP contribution in [0.2, 0.25) is 0 Å². The van der Waals surface area contributed by atoms with Gasteiger partial charge in [-0.05, 0) is 24.5 Å². The first-order chi connectivity index (χ1) is 7.41. The predicted molar refractivity (Wildman–Crippen MR) is 59.7 cm³/mol. The molecule has 0 aliphatic heterocycles. The van der Waals surface area contributed by atoms with Crippen molar-refractivity contribution in [3.05, 3.63) is 36.2 Å². The quantitative estimate of drug-likeness (QED) is 0.499. The van der Waals surface area contributed by atoms with Gasteiger partial charge in [-0.3, -0.25) is 4.79 Å². The van der Waals surface area contributed by atoms with Crippen molar-refractivity contribution >= 4 is 24.2 Å². The molecular formula is C10H11BFNO3. The highest BCUT2D eigenvalue weighted by Gasteiger charge is 2.14. The van der Waals surface area contributed by atoms with E-state index < -0.39 is 18.8 Å². The second kappa shape index (κ2) is 4.91. The third-order valence-electron chi connectivity index (χ3n) is 1.92. The molecule has 0 saturated carbocycles. The van der Waals surface area contributed by atoms with Gasteiger partial charge in [0.15, 0.2) is 0 Å². The van der Waals surface area contributed by atoms with Gasteiger partial charge in [-0.2, -0.15) is 0 Å². The Labute approximate surface area is 92.6 Å². The maximum atomic E-state index is 13.2. The summed E-state index contributed by atoms with van der Waals surface area (Å²) in [5, 5.41) is 20.0. The molecule has 0 aliphatic rings. The Hall–Kier alpha value is -1.66. The van der Waals surface area contributed by atoms with Crippen LogP contribution in [0.3, 0.4) is 0 Å². The van der Waals surface area contributed by atoms with Gasteiger partial charge >= 0.3 is 7.12 Å². The van der Waals surface area contributed by atoms with Gasteiger partial charge in [0, 0.05) is 5.57 Å². The summed E-state index contributed by atoms with van der Waals surface area (Å²) < 4.78 is 13.2. The molecule has 0 aliphatic carbocycles. The van der Waals surface area contributed by atoms with E-state index in [0.29, 0.717) is 0 Å².